The SMILES string of the molecule is C#CCN1CCC(NCC2CC2(C)C)CC1. The molecule has 1 saturated carbocycles. The van der Waals surface area contributed by atoms with Gasteiger partial charge in [-0.25, -0.2) is 0 Å². The Labute approximate surface area is 99.8 Å². The third-order valence-electron chi connectivity index (χ3n) is 4.27. The van der Waals surface area contributed by atoms with E-state index in [0.717, 1.165) is 31.6 Å². The third kappa shape index (κ3) is 2.99. The number of likely N-dealkylation sites (tertiary alicyclic amines) is 1. The molecular weight excluding hydrogens is 196 g/mol. The van der Waals surface area contributed by atoms with Gasteiger partial charge in [0, 0.05) is 19.1 Å². The molecule has 2 nitrogen and oxygen atoms in total. The fraction of sp³-hybridized carbons (Fsp3) is 0.857. The molecule has 0 aromatic heterocycles. The molecule has 0 amide bonds. The highest BCUT2D eigenvalue weighted by Crippen LogP contribution is 2.51. The third-order valence-corrected chi connectivity index (χ3v) is 4.27. The molecule has 2 aliphatic rings. The summed E-state index contributed by atoms with van der Waals surface area (Å²) in [7, 11) is 0. The summed E-state index contributed by atoms with van der Waals surface area (Å²) in [5, 5.41) is 3.72. The zero-order chi connectivity index (χ0) is 11.6. The van der Waals surface area contributed by atoms with Crippen molar-refractivity contribution in [1.29, 1.82) is 0 Å². The lowest BCUT2D eigenvalue weighted by molar-refractivity contribution is 0.216. The van der Waals surface area contributed by atoms with Gasteiger partial charge in [-0.15, -0.1) is 6.42 Å². The standard InChI is InChI=1S/C14H24N2/c1-4-7-16-8-5-13(6-9-16)15-11-12-10-14(12,2)3/h1,12-13,15H,5-11H2,2-3H3. The zero-order valence-electron chi connectivity index (χ0n) is 10.6. The minimum atomic E-state index is 0.608. The van der Waals surface area contributed by atoms with Crippen molar-refractivity contribution in [2.45, 2.75) is 39.2 Å². The second-order valence-corrected chi connectivity index (χ2v) is 6.05. The van der Waals surface area contributed by atoms with E-state index in [2.05, 4.69) is 30.0 Å². The Morgan fingerprint density at radius 3 is 2.50 bits per heavy atom. The van der Waals surface area contributed by atoms with Gasteiger partial charge in [-0.2, -0.15) is 0 Å². The molecule has 0 aromatic carbocycles. The van der Waals surface area contributed by atoms with Crippen molar-refractivity contribution in [3.63, 3.8) is 0 Å². The first-order chi connectivity index (χ1) is 7.62. The van der Waals surface area contributed by atoms with E-state index in [1.54, 1.807) is 0 Å². The van der Waals surface area contributed by atoms with Gasteiger partial charge in [-0.3, -0.25) is 4.90 Å². The van der Waals surface area contributed by atoms with Crippen LogP contribution < -0.4 is 5.32 Å². The lowest BCUT2D eigenvalue weighted by Gasteiger charge is -2.31. The van der Waals surface area contributed by atoms with Crippen LogP contribution >= 0.6 is 0 Å². The molecule has 0 bridgehead atoms. The first kappa shape index (κ1) is 12.0. The lowest BCUT2D eigenvalue weighted by atomic mass is 10.0. The number of hydrogen-bond donors (Lipinski definition) is 1. The Balaban J connectivity index is 1.61. The molecule has 1 saturated heterocycles. The molecule has 1 aliphatic heterocycles. The van der Waals surface area contributed by atoms with Crippen molar-refractivity contribution in [3.05, 3.63) is 0 Å². The van der Waals surface area contributed by atoms with Crippen molar-refractivity contribution in [2.75, 3.05) is 26.2 Å². The molecule has 0 aromatic rings. The second kappa shape index (κ2) is 4.77. The van der Waals surface area contributed by atoms with Crippen LogP contribution in [0.5, 0.6) is 0 Å². The summed E-state index contributed by atoms with van der Waals surface area (Å²) in [6.07, 6.45) is 9.24. The van der Waals surface area contributed by atoms with Crippen molar-refractivity contribution >= 4 is 0 Å². The number of terminal acetylenes is 1. The van der Waals surface area contributed by atoms with Crippen molar-refractivity contribution < 1.29 is 0 Å². The van der Waals surface area contributed by atoms with Gasteiger partial charge < -0.3 is 5.32 Å². The summed E-state index contributed by atoms with van der Waals surface area (Å²) in [6.45, 7) is 9.10. The van der Waals surface area contributed by atoms with Crippen molar-refractivity contribution in [1.82, 2.24) is 10.2 Å². The molecule has 90 valence electrons. The van der Waals surface area contributed by atoms with Gasteiger partial charge in [-0.1, -0.05) is 19.8 Å². The fourth-order valence-electron chi connectivity index (χ4n) is 2.66. The van der Waals surface area contributed by atoms with E-state index in [4.69, 9.17) is 6.42 Å². The minimum absolute atomic E-state index is 0.608. The Kier molecular flexibility index (Phi) is 3.56. The van der Waals surface area contributed by atoms with E-state index in [0.29, 0.717) is 5.41 Å². The average Bonchev–Trinajstić information content (AvgIpc) is 2.86. The van der Waals surface area contributed by atoms with Crippen LogP contribution in [-0.2, 0) is 0 Å². The number of nitrogens with zero attached hydrogens (tertiary/aromatic N) is 1. The maximum Gasteiger partial charge on any atom is 0.0598 e. The predicted molar refractivity (Wildman–Crippen MR) is 68.2 cm³/mol. The van der Waals surface area contributed by atoms with Gasteiger partial charge in [0.1, 0.15) is 0 Å². The molecule has 1 atom stereocenters. The fourth-order valence-corrected chi connectivity index (χ4v) is 2.66. The van der Waals surface area contributed by atoms with Gasteiger partial charge in [0.05, 0.1) is 6.54 Å². The van der Waals surface area contributed by atoms with E-state index in [1.165, 1.54) is 25.8 Å². The molecule has 1 heterocycles. The number of rotatable bonds is 4. The van der Waals surface area contributed by atoms with Gasteiger partial charge in [0.15, 0.2) is 0 Å². The summed E-state index contributed by atoms with van der Waals surface area (Å²) in [6, 6.07) is 0.727. The zero-order valence-corrected chi connectivity index (χ0v) is 10.6. The highest BCUT2D eigenvalue weighted by atomic mass is 15.1. The largest absolute Gasteiger partial charge is 0.314 e. The molecule has 0 radical (unpaired) electrons. The Hall–Kier alpha value is -0.520. The lowest BCUT2D eigenvalue weighted by Crippen LogP contribution is -2.43. The molecule has 1 aliphatic carbocycles. The highest BCUT2D eigenvalue weighted by Gasteiger charge is 2.45. The second-order valence-electron chi connectivity index (χ2n) is 6.05. The van der Waals surface area contributed by atoms with Crippen molar-refractivity contribution in [2.24, 2.45) is 11.3 Å². The Morgan fingerprint density at radius 1 is 1.38 bits per heavy atom. The molecule has 1 unspecified atom stereocenters. The van der Waals surface area contributed by atoms with Crippen LogP contribution in [0.1, 0.15) is 33.1 Å². The number of hydrogen-bond acceptors (Lipinski definition) is 2. The maximum absolute atomic E-state index is 5.32. The number of piperidine rings is 1. The summed E-state index contributed by atoms with van der Waals surface area (Å²) < 4.78 is 0. The number of nitrogens with one attached hydrogen (secondary N) is 1. The van der Waals surface area contributed by atoms with E-state index in [9.17, 15) is 0 Å². The highest BCUT2D eigenvalue weighted by molar-refractivity contribution is 4.97. The van der Waals surface area contributed by atoms with Crippen LogP contribution in [0.25, 0.3) is 0 Å². The van der Waals surface area contributed by atoms with Crippen LogP contribution in [0, 0.1) is 23.7 Å². The molecule has 16 heavy (non-hydrogen) atoms. The normalized spacial score (nSPS) is 29.9. The molecule has 1 N–H and O–H groups in total. The first-order valence-corrected chi connectivity index (χ1v) is 6.51. The van der Waals surface area contributed by atoms with Crippen LogP contribution in [-0.4, -0.2) is 37.1 Å². The molecule has 2 heteroatoms. The molecule has 0 spiro atoms. The van der Waals surface area contributed by atoms with Gasteiger partial charge >= 0.3 is 0 Å². The van der Waals surface area contributed by atoms with Gasteiger partial charge in [0.2, 0.25) is 0 Å². The summed E-state index contributed by atoms with van der Waals surface area (Å²) in [4.78, 5) is 2.37. The van der Waals surface area contributed by atoms with E-state index in [1.807, 2.05) is 0 Å². The predicted octanol–water partition coefficient (Wildman–Crippen LogP) is 1.72. The average molecular weight is 220 g/mol. The van der Waals surface area contributed by atoms with Crippen molar-refractivity contribution in [3.8, 4) is 12.3 Å². The monoisotopic (exact) mass is 220 g/mol. The van der Waals surface area contributed by atoms with Crippen LogP contribution in [0.15, 0.2) is 0 Å². The van der Waals surface area contributed by atoms with Gasteiger partial charge in [-0.05, 0) is 37.1 Å². The first-order valence-electron chi connectivity index (χ1n) is 6.51. The van der Waals surface area contributed by atoms with Gasteiger partial charge in [0.25, 0.3) is 0 Å². The summed E-state index contributed by atoms with van der Waals surface area (Å²) >= 11 is 0. The summed E-state index contributed by atoms with van der Waals surface area (Å²) in [5.41, 5.74) is 0.608. The Bertz CT molecular complexity index is 269. The minimum Gasteiger partial charge on any atom is -0.314 e. The quantitative estimate of drug-likeness (QED) is 0.726. The van der Waals surface area contributed by atoms with E-state index in [-0.39, 0.29) is 0 Å². The van der Waals surface area contributed by atoms with E-state index < -0.39 is 0 Å². The van der Waals surface area contributed by atoms with Crippen LogP contribution in [0.3, 0.4) is 0 Å². The molecule has 2 fully saturated rings. The Morgan fingerprint density at radius 2 is 2.00 bits per heavy atom. The maximum atomic E-state index is 5.32. The topological polar surface area (TPSA) is 15.3 Å². The summed E-state index contributed by atoms with van der Waals surface area (Å²) in [5.74, 6) is 3.64. The smallest absolute Gasteiger partial charge is 0.0598 e. The van der Waals surface area contributed by atoms with Crippen LogP contribution in [0.2, 0.25) is 0 Å². The van der Waals surface area contributed by atoms with E-state index >= 15 is 0 Å². The molecule has 2 rings (SSSR count). The molecular formula is C14H24N2. The van der Waals surface area contributed by atoms with Crippen LogP contribution in [0.4, 0.5) is 0 Å².